The van der Waals surface area contributed by atoms with Crippen LogP contribution in [0, 0.1) is 5.82 Å². The van der Waals surface area contributed by atoms with Gasteiger partial charge in [0, 0.05) is 25.2 Å². The highest BCUT2D eigenvalue weighted by molar-refractivity contribution is 5.85. The Morgan fingerprint density at radius 1 is 1.32 bits per heavy atom. The highest BCUT2D eigenvalue weighted by Gasteiger charge is 2.30. The largest absolute Gasteiger partial charge is 0.511 e. The molecule has 7 nitrogen and oxygen atoms in total. The van der Waals surface area contributed by atoms with E-state index in [0.717, 1.165) is 19.3 Å². The van der Waals surface area contributed by atoms with E-state index in [1.54, 1.807) is 10.6 Å². The minimum atomic E-state index is -1.57. The zero-order valence-corrected chi connectivity index (χ0v) is 13.4. The van der Waals surface area contributed by atoms with Gasteiger partial charge in [0.25, 0.3) is 0 Å². The fourth-order valence-corrected chi connectivity index (χ4v) is 3.43. The number of pyridine rings is 1. The van der Waals surface area contributed by atoms with Crippen LogP contribution in [0.25, 0.3) is 10.9 Å². The summed E-state index contributed by atoms with van der Waals surface area (Å²) in [5.74, 6) is -0.778. The van der Waals surface area contributed by atoms with Crippen molar-refractivity contribution in [1.29, 1.82) is 0 Å². The van der Waals surface area contributed by atoms with Gasteiger partial charge < -0.3 is 25.0 Å². The van der Waals surface area contributed by atoms with Gasteiger partial charge in [-0.1, -0.05) is 0 Å². The first-order chi connectivity index (χ1) is 12.0. The molecule has 2 aromatic rings. The Balaban J connectivity index is 1.92. The Hall–Kier alpha value is -2.61. The van der Waals surface area contributed by atoms with E-state index in [0.29, 0.717) is 18.8 Å². The molecule has 8 heteroatoms. The number of aromatic nitrogens is 1. The highest BCUT2D eigenvalue weighted by Crippen LogP contribution is 2.39. The lowest BCUT2D eigenvalue weighted by atomic mass is 10.1. The molecule has 1 saturated carbocycles. The molecule has 25 heavy (non-hydrogen) atoms. The molecular formula is C17H18FN3O4. The minimum Gasteiger partial charge on any atom is -0.449 e. The van der Waals surface area contributed by atoms with Gasteiger partial charge in [0.2, 0.25) is 5.43 Å². The van der Waals surface area contributed by atoms with Gasteiger partial charge in [-0.25, -0.2) is 9.18 Å². The fourth-order valence-electron chi connectivity index (χ4n) is 3.43. The number of benzene rings is 1. The van der Waals surface area contributed by atoms with E-state index in [1.807, 2.05) is 4.90 Å². The number of ether oxygens (including phenoxy) is 1. The Morgan fingerprint density at radius 2 is 2.08 bits per heavy atom. The van der Waals surface area contributed by atoms with E-state index in [1.165, 1.54) is 12.3 Å². The first kappa shape index (κ1) is 15.9. The van der Waals surface area contributed by atoms with Crippen molar-refractivity contribution < 1.29 is 19.0 Å². The van der Waals surface area contributed by atoms with Crippen molar-refractivity contribution in [3.63, 3.8) is 0 Å². The molecular weight excluding hydrogens is 329 g/mol. The number of anilines is 1. The zero-order valence-electron chi connectivity index (χ0n) is 13.4. The van der Waals surface area contributed by atoms with Crippen molar-refractivity contribution in [1.82, 2.24) is 4.57 Å². The Labute approximate surface area is 142 Å². The third kappa shape index (κ3) is 2.72. The predicted octanol–water partition coefficient (Wildman–Crippen LogP) is 2.07. The van der Waals surface area contributed by atoms with Crippen molar-refractivity contribution in [3.05, 3.63) is 34.4 Å². The summed E-state index contributed by atoms with van der Waals surface area (Å²) in [6.07, 6.45) is 2.23. The second-order valence-electron chi connectivity index (χ2n) is 6.62. The van der Waals surface area contributed by atoms with Gasteiger partial charge >= 0.3 is 6.16 Å². The summed E-state index contributed by atoms with van der Waals surface area (Å²) in [6.45, 7) is 1.23. The van der Waals surface area contributed by atoms with Crippen LogP contribution in [0.1, 0.15) is 25.3 Å². The van der Waals surface area contributed by atoms with Crippen LogP contribution in [-0.2, 0) is 0 Å². The molecule has 4 rings (SSSR count). The lowest BCUT2D eigenvalue weighted by molar-refractivity contribution is 0.143. The molecule has 1 atom stereocenters. The van der Waals surface area contributed by atoms with Gasteiger partial charge in [-0.2, -0.15) is 0 Å². The molecule has 1 aliphatic heterocycles. The molecule has 2 aliphatic rings. The third-order valence-corrected chi connectivity index (χ3v) is 4.78. The molecule has 2 fully saturated rings. The summed E-state index contributed by atoms with van der Waals surface area (Å²) in [6, 6.07) is 3.14. The van der Waals surface area contributed by atoms with E-state index < -0.39 is 17.4 Å². The predicted molar refractivity (Wildman–Crippen MR) is 89.9 cm³/mol. The standard InChI is InChI=1S/C17H18FN3O4/c18-14-12(20-6-5-9(19)7-20)4-3-11-15(14)21(10-1-2-10)8-13(16(11)22)25-17(23)24/h3-4,8-10H,1-2,5-7,19H2,(H,23,24). The molecule has 1 saturated heterocycles. The normalized spacial score (nSPS) is 20.2. The number of carboxylic acid groups (broad SMARTS) is 1. The second kappa shape index (κ2) is 5.73. The van der Waals surface area contributed by atoms with Crippen molar-refractivity contribution in [2.45, 2.75) is 31.3 Å². The van der Waals surface area contributed by atoms with Crippen LogP contribution < -0.4 is 20.8 Å². The molecule has 1 aromatic heterocycles. The monoisotopic (exact) mass is 347 g/mol. The van der Waals surface area contributed by atoms with E-state index >= 15 is 4.39 Å². The lowest BCUT2D eigenvalue weighted by Gasteiger charge is -2.21. The van der Waals surface area contributed by atoms with Gasteiger partial charge in [0.05, 0.1) is 22.8 Å². The van der Waals surface area contributed by atoms with Crippen LogP contribution in [0.2, 0.25) is 0 Å². The maximum absolute atomic E-state index is 15.3. The molecule has 1 aliphatic carbocycles. The van der Waals surface area contributed by atoms with Crippen LogP contribution >= 0.6 is 0 Å². The van der Waals surface area contributed by atoms with Crippen LogP contribution in [0.5, 0.6) is 5.75 Å². The average molecular weight is 347 g/mol. The Morgan fingerprint density at radius 3 is 2.68 bits per heavy atom. The van der Waals surface area contributed by atoms with Gasteiger partial charge in [-0.05, 0) is 31.4 Å². The van der Waals surface area contributed by atoms with Crippen LogP contribution in [-0.4, -0.2) is 35.0 Å². The molecule has 3 N–H and O–H groups in total. The summed E-state index contributed by atoms with van der Waals surface area (Å²) in [7, 11) is 0. The average Bonchev–Trinajstić information content (AvgIpc) is 3.31. The van der Waals surface area contributed by atoms with Crippen molar-refractivity contribution in [3.8, 4) is 5.75 Å². The Bertz CT molecular complexity index is 922. The van der Waals surface area contributed by atoms with Crippen LogP contribution in [0.4, 0.5) is 14.9 Å². The van der Waals surface area contributed by atoms with E-state index in [4.69, 9.17) is 10.8 Å². The highest BCUT2D eigenvalue weighted by atomic mass is 19.1. The van der Waals surface area contributed by atoms with Gasteiger partial charge in [-0.15, -0.1) is 0 Å². The topological polar surface area (TPSA) is 97.8 Å². The number of carbonyl (C=O) groups is 1. The van der Waals surface area contributed by atoms with E-state index in [-0.39, 0.29) is 28.7 Å². The summed E-state index contributed by atoms with van der Waals surface area (Å²) in [4.78, 5) is 25.2. The van der Waals surface area contributed by atoms with Crippen LogP contribution in [0.15, 0.2) is 23.1 Å². The number of hydrogen-bond donors (Lipinski definition) is 2. The van der Waals surface area contributed by atoms with Crippen molar-refractivity contribution in [2.24, 2.45) is 5.73 Å². The SMILES string of the molecule is NC1CCN(c2ccc3c(=O)c(OC(=O)O)cn(C4CC4)c3c2F)C1. The molecule has 0 amide bonds. The molecule has 1 aromatic carbocycles. The molecule has 0 bridgehead atoms. The molecule has 1 unspecified atom stereocenters. The summed E-state index contributed by atoms with van der Waals surface area (Å²) >= 11 is 0. The maximum Gasteiger partial charge on any atom is 0.511 e. The second-order valence-corrected chi connectivity index (χ2v) is 6.62. The minimum absolute atomic E-state index is 0.00654. The summed E-state index contributed by atoms with van der Waals surface area (Å²) < 4.78 is 21.5. The molecule has 0 radical (unpaired) electrons. The zero-order chi connectivity index (χ0) is 17.7. The number of fused-ring (bicyclic) bond motifs is 1. The van der Waals surface area contributed by atoms with Crippen molar-refractivity contribution >= 4 is 22.7 Å². The van der Waals surface area contributed by atoms with Gasteiger partial charge in [0.1, 0.15) is 0 Å². The summed E-state index contributed by atoms with van der Waals surface area (Å²) in [5.41, 5.74) is 5.90. The van der Waals surface area contributed by atoms with Gasteiger partial charge in [0.15, 0.2) is 11.6 Å². The molecule has 132 valence electrons. The van der Waals surface area contributed by atoms with Gasteiger partial charge in [-0.3, -0.25) is 4.79 Å². The number of halogens is 1. The number of nitrogens with two attached hydrogens (primary N) is 1. The molecule has 0 spiro atoms. The van der Waals surface area contributed by atoms with Crippen molar-refractivity contribution in [2.75, 3.05) is 18.0 Å². The van der Waals surface area contributed by atoms with E-state index in [2.05, 4.69) is 4.74 Å². The number of rotatable bonds is 3. The number of hydrogen-bond acceptors (Lipinski definition) is 5. The smallest absolute Gasteiger partial charge is 0.449 e. The maximum atomic E-state index is 15.3. The Kier molecular flexibility index (Phi) is 3.64. The van der Waals surface area contributed by atoms with Crippen LogP contribution in [0.3, 0.4) is 0 Å². The number of nitrogens with zero attached hydrogens (tertiary/aromatic N) is 2. The summed E-state index contributed by atoms with van der Waals surface area (Å²) in [5, 5.41) is 8.93. The molecule has 2 heterocycles. The lowest BCUT2D eigenvalue weighted by Crippen LogP contribution is -2.27. The van der Waals surface area contributed by atoms with E-state index in [9.17, 15) is 9.59 Å². The third-order valence-electron chi connectivity index (χ3n) is 4.78. The fraction of sp³-hybridized carbons (Fsp3) is 0.412. The quantitative estimate of drug-likeness (QED) is 0.825. The first-order valence-corrected chi connectivity index (χ1v) is 8.24. The first-order valence-electron chi connectivity index (χ1n) is 8.24.